The number of nitrogens with one attached hydrogen (secondary N) is 1. The van der Waals surface area contributed by atoms with E-state index in [0.717, 1.165) is 33.1 Å². The molecular weight excluding hydrogens is 320 g/mol. The summed E-state index contributed by atoms with van der Waals surface area (Å²) in [5.74, 6) is 0.138. The molecule has 0 amide bonds. The molecule has 4 rings (SSSR count). The number of nitrogens with zero attached hydrogens (tertiary/aromatic N) is 4. The smallest absolute Gasteiger partial charge is 0.135 e. The van der Waals surface area contributed by atoms with E-state index in [1.54, 1.807) is 17.1 Å². The Hall–Kier alpha value is -2.97. The number of fused-ring (bicyclic) bond motifs is 3. The molecule has 5 N–H and O–H groups in total. The van der Waals surface area contributed by atoms with E-state index in [-0.39, 0.29) is 19.1 Å². The molecule has 0 saturated heterocycles. The predicted octanol–water partition coefficient (Wildman–Crippen LogP) is 1.16. The summed E-state index contributed by atoms with van der Waals surface area (Å²) in [5.41, 5.74) is 9.40. The molecule has 0 aliphatic carbocycles. The number of benzene rings is 1. The van der Waals surface area contributed by atoms with E-state index in [1.807, 2.05) is 24.3 Å². The zero-order valence-corrected chi connectivity index (χ0v) is 13.4. The summed E-state index contributed by atoms with van der Waals surface area (Å²) in [4.78, 5) is 4.49. The number of aliphatic hydroxyl groups is 2. The average Bonchev–Trinajstić information content (AvgIpc) is 3.29. The molecule has 4 aromatic rings. The Bertz CT molecular complexity index is 1020. The van der Waals surface area contributed by atoms with Crippen molar-refractivity contribution >= 4 is 27.6 Å². The number of aliphatic hydroxyl groups excluding tert-OH is 2. The highest BCUT2D eigenvalue weighted by Gasteiger charge is 2.14. The van der Waals surface area contributed by atoms with Crippen molar-refractivity contribution in [2.24, 2.45) is 5.92 Å². The third-order valence-electron chi connectivity index (χ3n) is 4.29. The summed E-state index contributed by atoms with van der Waals surface area (Å²) in [6.45, 7) is 0.205. The largest absolute Gasteiger partial charge is 0.396 e. The van der Waals surface area contributed by atoms with Gasteiger partial charge < -0.3 is 15.9 Å². The summed E-state index contributed by atoms with van der Waals surface area (Å²) in [6, 6.07) is 7.76. The van der Waals surface area contributed by atoms with Gasteiger partial charge in [0.2, 0.25) is 0 Å². The number of H-pyrrole nitrogens is 1. The first-order chi connectivity index (χ1) is 12.2. The Morgan fingerprint density at radius 2 is 2.00 bits per heavy atom. The molecule has 0 aliphatic rings. The van der Waals surface area contributed by atoms with Crippen LogP contribution in [0.3, 0.4) is 0 Å². The van der Waals surface area contributed by atoms with Gasteiger partial charge in [-0.3, -0.25) is 9.78 Å². The van der Waals surface area contributed by atoms with Crippen molar-refractivity contribution in [2.75, 3.05) is 18.9 Å². The van der Waals surface area contributed by atoms with Crippen LogP contribution in [0.4, 0.5) is 5.82 Å². The van der Waals surface area contributed by atoms with Crippen LogP contribution in [0.5, 0.6) is 0 Å². The SMILES string of the molecule is Nc1nc2cc(-c3cc[nH]n3)ccc2c2nn(CC(CO)CO)cc12. The maximum Gasteiger partial charge on any atom is 0.135 e. The molecule has 0 saturated carbocycles. The monoisotopic (exact) mass is 338 g/mol. The summed E-state index contributed by atoms with van der Waals surface area (Å²) >= 11 is 0. The van der Waals surface area contributed by atoms with Crippen LogP contribution in [0.25, 0.3) is 33.1 Å². The van der Waals surface area contributed by atoms with Gasteiger partial charge in [-0.15, -0.1) is 0 Å². The van der Waals surface area contributed by atoms with Gasteiger partial charge in [0.1, 0.15) is 11.3 Å². The molecule has 3 heterocycles. The van der Waals surface area contributed by atoms with Gasteiger partial charge in [0.05, 0.1) is 16.6 Å². The summed E-state index contributed by atoms with van der Waals surface area (Å²) in [5, 5.41) is 31.7. The average molecular weight is 338 g/mol. The van der Waals surface area contributed by atoms with Crippen LogP contribution in [-0.2, 0) is 6.54 Å². The maximum atomic E-state index is 9.26. The Balaban J connectivity index is 1.84. The molecule has 0 atom stereocenters. The maximum absolute atomic E-state index is 9.26. The minimum Gasteiger partial charge on any atom is -0.396 e. The quantitative estimate of drug-likeness (QED) is 0.432. The standard InChI is InChI=1S/C17H18N6O2/c18-17-13-7-23(6-10(8-24)9-25)22-16(13)12-2-1-11(5-15(12)20-17)14-3-4-19-21-14/h1-5,7,10,24-25H,6,8-9H2,(H2,18,20)(H,19,21). The van der Waals surface area contributed by atoms with Gasteiger partial charge in [-0.05, 0) is 18.2 Å². The molecule has 0 bridgehead atoms. The molecule has 0 aliphatic heterocycles. The minimum atomic E-state index is -0.263. The van der Waals surface area contributed by atoms with Crippen LogP contribution in [0.1, 0.15) is 0 Å². The lowest BCUT2D eigenvalue weighted by Gasteiger charge is -2.09. The lowest BCUT2D eigenvalue weighted by molar-refractivity contribution is 0.134. The number of rotatable bonds is 5. The highest BCUT2D eigenvalue weighted by atomic mass is 16.3. The van der Waals surface area contributed by atoms with Crippen LogP contribution in [0, 0.1) is 5.92 Å². The van der Waals surface area contributed by atoms with E-state index < -0.39 is 0 Å². The molecular formula is C17H18N6O2. The van der Waals surface area contributed by atoms with Crippen molar-refractivity contribution in [3.05, 3.63) is 36.7 Å². The van der Waals surface area contributed by atoms with Crippen molar-refractivity contribution in [1.29, 1.82) is 0 Å². The number of anilines is 1. The zero-order valence-electron chi connectivity index (χ0n) is 13.4. The first-order valence-electron chi connectivity index (χ1n) is 7.98. The number of nitrogen functional groups attached to an aromatic ring is 1. The van der Waals surface area contributed by atoms with Crippen molar-refractivity contribution in [3.8, 4) is 11.3 Å². The van der Waals surface area contributed by atoms with Crippen LogP contribution in [-0.4, -0.2) is 48.4 Å². The summed E-state index contributed by atoms with van der Waals surface area (Å²) in [6.07, 6.45) is 3.57. The van der Waals surface area contributed by atoms with Gasteiger partial charge in [-0.2, -0.15) is 10.2 Å². The molecule has 0 unspecified atom stereocenters. The number of hydrogen-bond donors (Lipinski definition) is 4. The fourth-order valence-electron chi connectivity index (χ4n) is 2.93. The number of pyridine rings is 1. The highest BCUT2D eigenvalue weighted by molar-refractivity contribution is 6.08. The second kappa shape index (κ2) is 6.15. The van der Waals surface area contributed by atoms with Gasteiger partial charge in [-0.25, -0.2) is 4.98 Å². The fourth-order valence-corrected chi connectivity index (χ4v) is 2.93. The van der Waals surface area contributed by atoms with E-state index in [2.05, 4.69) is 20.3 Å². The normalized spacial score (nSPS) is 11.8. The molecule has 25 heavy (non-hydrogen) atoms. The number of nitrogens with two attached hydrogens (primary N) is 1. The molecule has 0 fully saturated rings. The Morgan fingerprint density at radius 1 is 1.16 bits per heavy atom. The van der Waals surface area contributed by atoms with Crippen molar-refractivity contribution in [3.63, 3.8) is 0 Å². The van der Waals surface area contributed by atoms with Crippen LogP contribution < -0.4 is 5.73 Å². The van der Waals surface area contributed by atoms with Gasteiger partial charge in [0.25, 0.3) is 0 Å². The first-order valence-corrected chi connectivity index (χ1v) is 7.98. The zero-order chi connectivity index (χ0) is 17.4. The number of hydrogen-bond acceptors (Lipinski definition) is 6. The molecule has 1 aromatic carbocycles. The minimum absolute atomic E-state index is 0.103. The molecule has 3 aromatic heterocycles. The van der Waals surface area contributed by atoms with E-state index >= 15 is 0 Å². The van der Waals surface area contributed by atoms with Crippen molar-refractivity contribution in [2.45, 2.75) is 6.54 Å². The molecule has 128 valence electrons. The third kappa shape index (κ3) is 2.71. The van der Waals surface area contributed by atoms with E-state index in [1.165, 1.54) is 0 Å². The Morgan fingerprint density at radius 3 is 2.72 bits per heavy atom. The molecule has 0 radical (unpaired) electrons. The van der Waals surface area contributed by atoms with Crippen LogP contribution >= 0.6 is 0 Å². The van der Waals surface area contributed by atoms with Crippen LogP contribution in [0.2, 0.25) is 0 Å². The summed E-state index contributed by atoms with van der Waals surface area (Å²) < 4.78 is 1.70. The first kappa shape index (κ1) is 15.6. The van der Waals surface area contributed by atoms with Gasteiger partial charge >= 0.3 is 0 Å². The summed E-state index contributed by atoms with van der Waals surface area (Å²) in [7, 11) is 0. The third-order valence-corrected chi connectivity index (χ3v) is 4.29. The second-order valence-electron chi connectivity index (χ2n) is 6.03. The van der Waals surface area contributed by atoms with Gasteiger partial charge in [0, 0.05) is 49.0 Å². The Kier molecular flexibility index (Phi) is 3.83. The van der Waals surface area contributed by atoms with E-state index in [0.29, 0.717) is 12.4 Å². The van der Waals surface area contributed by atoms with Gasteiger partial charge in [-0.1, -0.05) is 6.07 Å². The molecule has 8 heteroatoms. The lowest BCUT2D eigenvalue weighted by Crippen LogP contribution is -2.18. The van der Waals surface area contributed by atoms with Crippen molar-refractivity contribution < 1.29 is 10.2 Å². The van der Waals surface area contributed by atoms with E-state index in [9.17, 15) is 10.2 Å². The van der Waals surface area contributed by atoms with Crippen LogP contribution in [0.15, 0.2) is 36.7 Å². The van der Waals surface area contributed by atoms with Crippen molar-refractivity contribution in [1.82, 2.24) is 25.0 Å². The van der Waals surface area contributed by atoms with E-state index in [4.69, 9.17) is 5.73 Å². The molecule has 0 spiro atoms. The number of aromatic amines is 1. The second-order valence-corrected chi connectivity index (χ2v) is 6.03. The lowest BCUT2D eigenvalue weighted by atomic mass is 10.1. The Labute approximate surface area is 142 Å². The predicted molar refractivity (Wildman–Crippen MR) is 94.7 cm³/mol. The highest BCUT2D eigenvalue weighted by Crippen LogP contribution is 2.29. The fraction of sp³-hybridized carbons (Fsp3) is 0.235. The van der Waals surface area contributed by atoms with Gasteiger partial charge in [0.15, 0.2) is 0 Å². The topological polar surface area (TPSA) is 126 Å². The molecule has 8 nitrogen and oxygen atoms in total. The number of aromatic nitrogens is 5.